The number of aryl methyl sites for hydroxylation is 2. The van der Waals surface area contributed by atoms with Gasteiger partial charge in [0.25, 0.3) is 0 Å². The summed E-state index contributed by atoms with van der Waals surface area (Å²) in [7, 11) is 1.84. The zero-order valence-electron chi connectivity index (χ0n) is 7.15. The summed E-state index contributed by atoms with van der Waals surface area (Å²) < 4.78 is 1.68. The van der Waals surface area contributed by atoms with Crippen molar-refractivity contribution in [1.29, 1.82) is 0 Å². The molecule has 2 aromatic heterocycles. The second-order valence-electron chi connectivity index (χ2n) is 2.75. The van der Waals surface area contributed by atoms with Crippen molar-refractivity contribution in [1.82, 2.24) is 20.0 Å². The second-order valence-corrected chi connectivity index (χ2v) is 2.75. The molecule has 0 unspecified atom stereocenters. The van der Waals surface area contributed by atoms with Crippen molar-refractivity contribution in [2.75, 3.05) is 0 Å². The van der Waals surface area contributed by atoms with Gasteiger partial charge in [-0.05, 0) is 18.1 Å². The van der Waals surface area contributed by atoms with Crippen LogP contribution in [0.25, 0.3) is 11.2 Å². The van der Waals surface area contributed by atoms with Gasteiger partial charge in [0.05, 0.1) is 0 Å². The number of hydrogen-bond acceptors (Lipinski definition) is 3. The van der Waals surface area contributed by atoms with Gasteiger partial charge >= 0.3 is 0 Å². The summed E-state index contributed by atoms with van der Waals surface area (Å²) in [4.78, 5) is 4.25. The van der Waals surface area contributed by atoms with Crippen LogP contribution in [-0.2, 0) is 13.5 Å². The molecule has 0 radical (unpaired) electrons. The summed E-state index contributed by atoms with van der Waals surface area (Å²) in [5, 5.41) is 7.85. The van der Waals surface area contributed by atoms with Gasteiger partial charge in [-0.15, -0.1) is 5.10 Å². The number of fused-ring (bicyclic) bond motifs is 1. The van der Waals surface area contributed by atoms with Crippen LogP contribution in [0, 0.1) is 0 Å². The van der Waals surface area contributed by atoms with E-state index in [-0.39, 0.29) is 0 Å². The fourth-order valence-corrected chi connectivity index (χ4v) is 1.16. The van der Waals surface area contributed by atoms with E-state index in [0.717, 1.165) is 17.6 Å². The predicted octanol–water partition coefficient (Wildman–Crippen LogP) is 0.926. The van der Waals surface area contributed by atoms with Gasteiger partial charge < -0.3 is 0 Å². The maximum absolute atomic E-state index is 4.25. The summed E-state index contributed by atoms with van der Waals surface area (Å²) in [6.45, 7) is 2.10. The van der Waals surface area contributed by atoms with Gasteiger partial charge in [0.2, 0.25) is 0 Å². The molecule has 0 aliphatic rings. The molecule has 0 bridgehead atoms. The summed E-state index contributed by atoms with van der Waals surface area (Å²) in [5.74, 6) is 0. The van der Waals surface area contributed by atoms with Crippen LogP contribution in [0.3, 0.4) is 0 Å². The maximum atomic E-state index is 4.25. The minimum atomic E-state index is 0.840. The van der Waals surface area contributed by atoms with Gasteiger partial charge in [-0.25, -0.2) is 9.67 Å². The van der Waals surface area contributed by atoms with Crippen LogP contribution in [0.4, 0.5) is 0 Å². The molecular formula is C8H10N4. The molecule has 0 saturated carbocycles. The van der Waals surface area contributed by atoms with Crippen LogP contribution in [0.15, 0.2) is 12.3 Å². The fraction of sp³-hybridized carbons (Fsp3) is 0.375. The highest BCUT2D eigenvalue weighted by molar-refractivity contribution is 5.69. The van der Waals surface area contributed by atoms with E-state index in [1.54, 1.807) is 4.68 Å². The Morgan fingerprint density at radius 3 is 3.08 bits per heavy atom. The Morgan fingerprint density at radius 1 is 1.50 bits per heavy atom. The van der Waals surface area contributed by atoms with E-state index in [1.807, 2.05) is 19.3 Å². The van der Waals surface area contributed by atoms with Gasteiger partial charge in [-0.1, -0.05) is 12.1 Å². The van der Waals surface area contributed by atoms with E-state index in [2.05, 4.69) is 22.2 Å². The average Bonchev–Trinajstić information content (AvgIpc) is 2.47. The van der Waals surface area contributed by atoms with E-state index < -0.39 is 0 Å². The quantitative estimate of drug-likeness (QED) is 0.626. The van der Waals surface area contributed by atoms with Crippen molar-refractivity contribution in [2.45, 2.75) is 13.3 Å². The second kappa shape index (κ2) is 2.55. The number of rotatable bonds is 1. The zero-order chi connectivity index (χ0) is 8.55. The third-order valence-corrected chi connectivity index (χ3v) is 1.91. The van der Waals surface area contributed by atoms with Gasteiger partial charge in [0, 0.05) is 13.2 Å². The van der Waals surface area contributed by atoms with Gasteiger partial charge in [0.1, 0.15) is 5.52 Å². The Hall–Kier alpha value is -1.45. The Labute approximate surface area is 70.2 Å². The molecular weight excluding hydrogens is 152 g/mol. The molecule has 0 aliphatic carbocycles. The topological polar surface area (TPSA) is 43.6 Å². The normalized spacial score (nSPS) is 10.8. The van der Waals surface area contributed by atoms with Crippen molar-refractivity contribution < 1.29 is 0 Å². The largest absolute Gasteiger partial charge is 0.235 e. The van der Waals surface area contributed by atoms with Gasteiger partial charge in [0.15, 0.2) is 5.65 Å². The molecule has 0 aromatic carbocycles. The Bertz CT molecular complexity index is 404. The van der Waals surface area contributed by atoms with Crippen LogP contribution in [0.2, 0.25) is 0 Å². The van der Waals surface area contributed by atoms with Crippen molar-refractivity contribution in [3.63, 3.8) is 0 Å². The minimum absolute atomic E-state index is 0.840. The average molecular weight is 162 g/mol. The molecule has 62 valence electrons. The fourth-order valence-electron chi connectivity index (χ4n) is 1.16. The highest BCUT2D eigenvalue weighted by atomic mass is 15.4. The SMILES string of the molecule is CCc1cnc2c(c1)nnn2C. The lowest BCUT2D eigenvalue weighted by Gasteiger charge is -1.94. The summed E-state index contributed by atoms with van der Waals surface area (Å²) in [6, 6.07) is 2.02. The van der Waals surface area contributed by atoms with Crippen molar-refractivity contribution in [3.05, 3.63) is 17.8 Å². The third-order valence-electron chi connectivity index (χ3n) is 1.91. The van der Waals surface area contributed by atoms with Gasteiger partial charge in [-0.3, -0.25) is 0 Å². The number of hydrogen-bond donors (Lipinski definition) is 0. The molecule has 4 nitrogen and oxygen atoms in total. The zero-order valence-corrected chi connectivity index (χ0v) is 7.15. The molecule has 0 N–H and O–H groups in total. The molecule has 0 amide bonds. The molecule has 0 spiro atoms. The smallest absolute Gasteiger partial charge is 0.178 e. The lowest BCUT2D eigenvalue weighted by Crippen LogP contribution is -1.92. The third kappa shape index (κ3) is 0.958. The van der Waals surface area contributed by atoms with Crippen LogP contribution in [-0.4, -0.2) is 20.0 Å². The van der Waals surface area contributed by atoms with E-state index >= 15 is 0 Å². The van der Waals surface area contributed by atoms with Crippen LogP contribution < -0.4 is 0 Å². The van der Waals surface area contributed by atoms with Crippen molar-refractivity contribution in [3.8, 4) is 0 Å². The van der Waals surface area contributed by atoms with E-state index in [0.29, 0.717) is 0 Å². The summed E-state index contributed by atoms with van der Waals surface area (Å²) in [6.07, 6.45) is 2.85. The molecule has 0 fully saturated rings. The van der Waals surface area contributed by atoms with E-state index in [1.165, 1.54) is 5.56 Å². The maximum Gasteiger partial charge on any atom is 0.178 e. The molecule has 12 heavy (non-hydrogen) atoms. The predicted molar refractivity (Wildman–Crippen MR) is 45.7 cm³/mol. The highest BCUT2D eigenvalue weighted by Crippen LogP contribution is 2.08. The summed E-state index contributed by atoms with van der Waals surface area (Å²) in [5.41, 5.74) is 2.91. The summed E-state index contributed by atoms with van der Waals surface area (Å²) >= 11 is 0. The van der Waals surface area contributed by atoms with E-state index in [9.17, 15) is 0 Å². The number of aromatic nitrogens is 4. The lowest BCUT2D eigenvalue weighted by atomic mass is 10.2. The first-order valence-electron chi connectivity index (χ1n) is 3.95. The molecule has 0 atom stereocenters. The van der Waals surface area contributed by atoms with Gasteiger partial charge in [-0.2, -0.15) is 0 Å². The van der Waals surface area contributed by atoms with Crippen molar-refractivity contribution >= 4 is 11.2 Å². The van der Waals surface area contributed by atoms with Crippen molar-refractivity contribution in [2.24, 2.45) is 7.05 Å². The Morgan fingerprint density at radius 2 is 2.33 bits per heavy atom. The molecule has 2 heterocycles. The van der Waals surface area contributed by atoms with Crippen LogP contribution >= 0.6 is 0 Å². The Kier molecular flexibility index (Phi) is 1.53. The molecule has 0 aliphatic heterocycles. The standard InChI is InChI=1S/C8H10N4/c1-3-6-4-7-8(9-5-6)12(2)11-10-7/h4-5H,3H2,1-2H3. The number of pyridine rings is 1. The number of nitrogens with zero attached hydrogens (tertiary/aromatic N) is 4. The first-order valence-corrected chi connectivity index (χ1v) is 3.95. The highest BCUT2D eigenvalue weighted by Gasteiger charge is 2.01. The molecule has 4 heteroatoms. The molecule has 0 saturated heterocycles. The molecule has 2 aromatic rings. The Balaban J connectivity index is 2.69. The van der Waals surface area contributed by atoms with Crippen LogP contribution in [0.1, 0.15) is 12.5 Å². The molecule has 2 rings (SSSR count). The first-order chi connectivity index (χ1) is 5.81. The monoisotopic (exact) mass is 162 g/mol. The lowest BCUT2D eigenvalue weighted by molar-refractivity contribution is 0.730. The minimum Gasteiger partial charge on any atom is -0.235 e. The van der Waals surface area contributed by atoms with Crippen LogP contribution in [0.5, 0.6) is 0 Å². The first kappa shape index (κ1) is 7.21. The van der Waals surface area contributed by atoms with E-state index in [4.69, 9.17) is 0 Å².